The first-order valence-corrected chi connectivity index (χ1v) is 8.38. The molecule has 0 fully saturated rings. The molecule has 3 rings (SSSR count). The molecule has 1 amide bonds. The Bertz CT molecular complexity index is 878. The number of hydrogen-bond donors (Lipinski definition) is 2. The Morgan fingerprint density at radius 2 is 1.73 bits per heavy atom. The van der Waals surface area contributed by atoms with Crippen molar-refractivity contribution in [2.45, 2.75) is 13.8 Å². The lowest BCUT2D eigenvalue weighted by Gasteiger charge is -2.10. The van der Waals surface area contributed by atoms with Crippen molar-refractivity contribution in [3.8, 4) is 5.75 Å². The molecule has 2 aromatic carbocycles. The number of amides is 1. The van der Waals surface area contributed by atoms with Gasteiger partial charge in [0.1, 0.15) is 11.6 Å². The molecule has 26 heavy (non-hydrogen) atoms. The van der Waals surface area contributed by atoms with Crippen molar-refractivity contribution in [2.24, 2.45) is 0 Å². The van der Waals surface area contributed by atoms with Crippen LogP contribution in [0.15, 0.2) is 66.9 Å². The van der Waals surface area contributed by atoms with E-state index in [0.29, 0.717) is 17.3 Å². The largest absolute Gasteiger partial charge is 0.484 e. The lowest BCUT2D eigenvalue weighted by molar-refractivity contribution is -0.118. The van der Waals surface area contributed by atoms with Gasteiger partial charge in [-0.15, -0.1) is 0 Å². The van der Waals surface area contributed by atoms with Crippen LogP contribution in [0.1, 0.15) is 11.1 Å². The molecule has 5 nitrogen and oxygen atoms in total. The summed E-state index contributed by atoms with van der Waals surface area (Å²) < 4.78 is 5.42. The fraction of sp³-hybridized carbons (Fsp3) is 0.143. The zero-order valence-electron chi connectivity index (χ0n) is 14.8. The molecule has 1 heterocycles. The molecular weight excluding hydrogens is 326 g/mol. The maximum atomic E-state index is 12.0. The molecule has 1 aromatic heterocycles. The number of para-hydroxylation sites is 1. The highest BCUT2D eigenvalue weighted by molar-refractivity contribution is 5.91. The minimum Gasteiger partial charge on any atom is -0.484 e. The number of carbonyl (C=O) groups excluding carboxylic acids is 1. The number of hydrogen-bond acceptors (Lipinski definition) is 4. The second-order valence-corrected chi connectivity index (χ2v) is 6.01. The second-order valence-electron chi connectivity index (χ2n) is 6.01. The topological polar surface area (TPSA) is 63.2 Å². The van der Waals surface area contributed by atoms with Crippen molar-refractivity contribution >= 4 is 23.1 Å². The maximum absolute atomic E-state index is 12.0. The molecule has 0 spiro atoms. The number of benzene rings is 2. The predicted octanol–water partition coefficient (Wildman–Crippen LogP) is 4.46. The van der Waals surface area contributed by atoms with Crippen LogP contribution >= 0.6 is 0 Å². The number of anilines is 3. The fourth-order valence-corrected chi connectivity index (χ4v) is 2.37. The molecule has 0 aliphatic carbocycles. The van der Waals surface area contributed by atoms with Gasteiger partial charge in [0.05, 0.1) is 11.9 Å². The number of ether oxygens (including phenoxy) is 1. The van der Waals surface area contributed by atoms with Gasteiger partial charge in [0.25, 0.3) is 5.91 Å². The number of nitrogens with zero attached hydrogens (tertiary/aromatic N) is 1. The Labute approximate surface area is 153 Å². The van der Waals surface area contributed by atoms with Crippen LogP contribution in [0.25, 0.3) is 0 Å². The van der Waals surface area contributed by atoms with Gasteiger partial charge < -0.3 is 15.4 Å². The minimum atomic E-state index is -0.231. The van der Waals surface area contributed by atoms with Crippen LogP contribution in [0.3, 0.4) is 0 Å². The number of pyridine rings is 1. The van der Waals surface area contributed by atoms with E-state index in [4.69, 9.17) is 4.74 Å². The first kappa shape index (κ1) is 17.5. The maximum Gasteiger partial charge on any atom is 0.262 e. The summed E-state index contributed by atoms with van der Waals surface area (Å²) in [6.45, 7) is 4.10. The van der Waals surface area contributed by atoms with Crippen LogP contribution in [-0.4, -0.2) is 17.5 Å². The second kappa shape index (κ2) is 8.16. The Balaban J connectivity index is 1.53. The molecule has 0 aliphatic rings. The Kier molecular flexibility index (Phi) is 5.49. The van der Waals surface area contributed by atoms with Crippen LogP contribution < -0.4 is 15.4 Å². The molecule has 0 aliphatic heterocycles. The van der Waals surface area contributed by atoms with E-state index < -0.39 is 0 Å². The molecule has 0 saturated carbocycles. The Hall–Kier alpha value is -3.34. The molecule has 5 heteroatoms. The van der Waals surface area contributed by atoms with Gasteiger partial charge in [-0.05, 0) is 61.4 Å². The molecule has 3 aromatic rings. The van der Waals surface area contributed by atoms with E-state index in [9.17, 15) is 4.79 Å². The van der Waals surface area contributed by atoms with Gasteiger partial charge in [0.15, 0.2) is 6.61 Å². The Morgan fingerprint density at radius 1 is 0.962 bits per heavy atom. The van der Waals surface area contributed by atoms with E-state index >= 15 is 0 Å². The van der Waals surface area contributed by atoms with Gasteiger partial charge in [-0.25, -0.2) is 4.98 Å². The standard InChI is InChI=1S/C21H21N3O2/c1-15-8-9-17(12-16(15)2)23-20-11-10-18(13-22-20)24-21(25)14-26-19-6-4-3-5-7-19/h3-13H,14H2,1-2H3,(H,22,23)(H,24,25). The van der Waals surface area contributed by atoms with Crippen molar-refractivity contribution in [3.63, 3.8) is 0 Å². The highest BCUT2D eigenvalue weighted by Crippen LogP contribution is 2.19. The quantitative estimate of drug-likeness (QED) is 0.691. The van der Waals surface area contributed by atoms with Gasteiger partial charge in [-0.2, -0.15) is 0 Å². The van der Waals surface area contributed by atoms with Crippen molar-refractivity contribution in [1.82, 2.24) is 4.98 Å². The summed E-state index contributed by atoms with van der Waals surface area (Å²) in [6, 6.07) is 19.0. The normalized spacial score (nSPS) is 10.2. The molecule has 0 saturated heterocycles. The lowest BCUT2D eigenvalue weighted by atomic mass is 10.1. The summed E-state index contributed by atoms with van der Waals surface area (Å²) in [6.07, 6.45) is 1.61. The third-order valence-corrected chi connectivity index (χ3v) is 3.94. The first-order valence-electron chi connectivity index (χ1n) is 8.38. The Morgan fingerprint density at radius 3 is 2.42 bits per heavy atom. The zero-order valence-corrected chi connectivity index (χ0v) is 14.8. The summed E-state index contributed by atoms with van der Waals surface area (Å²) in [5.41, 5.74) is 4.07. The zero-order chi connectivity index (χ0) is 18.4. The number of rotatable bonds is 6. The molecule has 0 bridgehead atoms. The average molecular weight is 347 g/mol. The van der Waals surface area contributed by atoms with Crippen molar-refractivity contribution in [1.29, 1.82) is 0 Å². The van der Waals surface area contributed by atoms with Crippen molar-refractivity contribution in [3.05, 3.63) is 78.0 Å². The summed E-state index contributed by atoms with van der Waals surface area (Å²) in [5, 5.41) is 6.02. The molecule has 2 N–H and O–H groups in total. The number of aryl methyl sites for hydroxylation is 2. The van der Waals surface area contributed by atoms with Crippen LogP contribution in [0, 0.1) is 13.8 Å². The van der Waals surface area contributed by atoms with Crippen molar-refractivity contribution in [2.75, 3.05) is 17.2 Å². The third-order valence-electron chi connectivity index (χ3n) is 3.94. The smallest absolute Gasteiger partial charge is 0.262 e. The summed E-state index contributed by atoms with van der Waals surface area (Å²) in [5.74, 6) is 1.14. The molecule has 0 atom stereocenters. The first-order chi connectivity index (χ1) is 12.6. The lowest BCUT2D eigenvalue weighted by Crippen LogP contribution is -2.20. The number of nitrogens with one attached hydrogen (secondary N) is 2. The van der Waals surface area contributed by atoms with E-state index in [2.05, 4.69) is 41.6 Å². The molecular formula is C21H21N3O2. The molecule has 0 unspecified atom stereocenters. The van der Waals surface area contributed by atoms with Gasteiger partial charge in [-0.3, -0.25) is 4.79 Å². The van der Waals surface area contributed by atoms with Crippen LogP contribution in [0.2, 0.25) is 0 Å². The SMILES string of the molecule is Cc1ccc(Nc2ccc(NC(=O)COc3ccccc3)cn2)cc1C. The summed E-state index contributed by atoms with van der Waals surface area (Å²) >= 11 is 0. The predicted molar refractivity (Wildman–Crippen MR) is 104 cm³/mol. The number of aromatic nitrogens is 1. The van der Waals surface area contributed by atoms with Gasteiger partial charge >= 0.3 is 0 Å². The van der Waals surface area contributed by atoms with E-state index in [0.717, 1.165) is 5.69 Å². The number of carbonyl (C=O) groups is 1. The van der Waals surface area contributed by atoms with E-state index in [-0.39, 0.29) is 12.5 Å². The summed E-state index contributed by atoms with van der Waals surface area (Å²) in [4.78, 5) is 16.3. The third kappa shape index (κ3) is 4.83. The van der Waals surface area contributed by atoms with Crippen molar-refractivity contribution < 1.29 is 9.53 Å². The van der Waals surface area contributed by atoms with E-state index in [1.54, 1.807) is 12.3 Å². The molecule has 132 valence electrons. The van der Waals surface area contributed by atoms with Crippen LogP contribution in [-0.2, 0) is 4.79 Å². The van der Waals surface area contributed by atoms with Crippen LogP contribution in [0.4, 0.5) is 17.2 Å². The van der Waals surface area contributed by atoms with E-state index in [1.807, 2.05) is 42.5 Å². The summed E-state index contributed by atoms with van der Waals surface area (Å²) in [7, 11) is 0. The van der Waals surface area contributed by atoms with Gasteiger partial charge in [-0.1, -0.05) is 24.3 Å². The average Bonchev–Trinajstić information content (AvgIpc) is 2.65. The van der Waals surface area contributed by atoms with Gasteiger partial charge in [0.2, 0.25) is 0 Å². The minimum absolute atomic E-state index is 0.0490. The monoisotopic (exact) mass is 347 g/mol. The fourth-order valence-electron chi connectivity index (χ4n) is 2.37. The molecule has 0 radical (unpaired) electrons. The highest BCUT2D eigenvalue weighted by atomic mass is 16.5. The highest BCUT2D eigenvalue weighted by Gasteiger charge is 2.05. The van der Waals surface area contributed by atoms with Gasteiger partial charge in [0, 0.05) is 5.69 Å². The van der Waals surface area contributed by atoms with Crippen LogP contribution in [0.5, 0.6) is 5.75 Å². The van der Waals surface area contributed by atoms with E-state index in [1.165, 1.54) is 11.1 Å².